The van der Waals surface area contributed by atoms with Crippen LogP contribution >= 0.6 is 23.2 Å². The fourth-order valence-electron chi connectivity index (χ4n) is 3.60. The predicted octanol–water partition coefficient (Wildman–Crippen LogP) is 4.51. The zero-order valence-corrected chi connectivity index (χ0v) is 19.2. The molecule has 4 aromatic rings. The highest BCUT2D eigenvalue weighted by molar-refractivity contribution is 6.36. The highest BCUT2D eigenvalue weighted by Crippen LogP contribution is 2.26. The Morgan fingerprint density at radius 3 is 2.41 bits per heavy atom. The van der Waals surface area contributed by atoms with Crippen molar-refractivity contribution >= 4 is 35.1 Å². The number of nitrogens with one attached hydrogen (secondary N) is 1. The van der Waals surface area contributed by atoms with Gasteiger partial charge in [-0.15, -0.1) is 10.2 Å². The van der Waals surface area contributed by atoms with Crippen LogP contribution in [0.5, 0.6) is 0 Å². The number of halogens is 2. The fraction of sp³-hybridized carbons (Fsp3) is 0.125. The number of carbonyl (C=O) groups is 2. The Labute approximate surface area is 205 Å². The molecule has 0 unspecified atom stereocenters. The highest BCUT2D eigenvalue weighted by atomic mass is 35.5. The second-order valence-corrected chi connectivity index (χ2v) is 8.38. The number of carboxylic acids is 1. The van der Waals surface area contributed by atoms with Gasteiger partial charge in [-0.2, -0.15) is 5.21 Å². The predicted molar refractivity (Wildman–Crippen MR) is 128 cm³/mol. The van der Waals surface area contributed by atoms with Crippen LogP contribution in [0.1, 0.15) is 21.5 Å². The number of carbonyl (C=O) groups excluding carboxylic acids is 1. The van der Waals surface area contributed by atoms with Gasteiger partial charge in [0.05, 0.1) is 10.6 Å². The Balaban J connectivity index is 1.73. The summed E-state index contributed by atoms with van der Waals surface area (Å²) in [6, 6.07) is 19.7. The van der Waals surface area contributed by atoms with Gasteiger partial charge in [0.1, 0.15) is 6.04 Å². The number of tetrazole rings is 1. The normalized spacial score (nSPS) is 11.7. The number of carboxylic acid groups (broad SMARTS) is 1. The van der Waals surface area contributed by atoms with Crippen molar-refractivity contribution in [3.63, 3.8) is 0 Å². The second-order valence-electron chi connectivity index (χ2n) is 7.54. The van der Waals surface area contributed by atoms with E-state index < -0.39 is 17.9 Å². The van der Waals surface area contributed by atoms with E-state index in [0.29, 0.717) is 22.0 Å². The van der Waals surface area contributed by atoms with Gasteiger partial charge in [-0.25, -0.2) is 4.79 Å². The molecule has 0 radical (unpaired) electrons. The van der Waals surface area contributed by atoms with Gasteiger partial charge in [-0.1, -0.05) is 71.7 Å². The third-order valence-electron chi connectivity index (χ3n) is 5.24. The molecule has 2 N–H and O–H groups in total. The first kappa shape index (κ1) is 23.4. The van der Waals surface area contributed by atoms with Crippen LogP contribution in [0.3, 0.4) is 0 Å². The minimum absolute atomic E-state index is 0.0211. The standard InChI is InChI=1S/C24H19Cl2N5O3/c25-18-9-10-19(20(26)13-18)23(32)31(21(24(33)34)12-15-5-2-1-3-6-15)14-16-7-4-8-17(11-16)22-27-29-30-28-22/h1-11,13,21H,12,14H2,(H,33,34)(H,27,28,29,30)/t21-/m0/s1. The van der Waals surface area contributed by atoms with Crippen molar-refractivity contribution in [1.29, 1.82) is 0 Å². The van der Waals surface area contributed by atoms with E-state index in [4.69, 9.17) is 23.2 Å². The van der Waals surface area contributed by atoms with E-state index >= 15 is 0 Å². The SMILES string of the molecule is O=C(O)[C@H](Cc1ccccc1)N(Cc1cccc(-c2nn[nH]n2)c1)C(=O)c1ccc(Cl)cc1Cl. The summed E-state index contributed by atoms with van der Waals surface area (Å²) in [7, 11) is 0. The van der Waals surface area contributed by atoms with Gasteiger partial charge in [0, 0.05) is 23.6 Å². The van der Waals surface area contributed by atoms with E-state index in [9.17, 15) is 14.7 Å². The summed E-state index contributed by atoms with van der Waals surface area (Å²) >= 11 is 12.3. The number of hydrogen-bond donors (Lipinski definition) is 2. The van der Waals surface area contributed by atoms with Gasteiger partial charge in [0.25, 0.3) is 5.91 Å². The first-order chi connectivity index (χ1) is 16.4. The second kappa shape index (κ2) is 10.5. The molecule has 1 amide bonds. The summed E-state index contributed by atoms with van der Waals surface area (Å²) in [6.07, 6.45) is 0.123. The Morgan fingerprint density at radius 1 is 0.971 bits per heavy atom. The molecule has 1 aromatic heterocycles. The number of benzene rings is 3. The zero-order chi connectivity index (χ0) is 24.1. The molecule has 10 heteroatoms. The molecule has 34 heavy (non-hydrogen) atoms. The van der Waals surface area contributed by atoms with Crippen LogP contribution in [0.15, 0.2) is 72.8 Å². The monoisotopic (exact) mass is 495 g/mol. The van der Waals surface area contributed by atoms with E-state index in [1.165, 1.54) is 17.0 Å². The van der Waals surface area contributed by atoms with Crippen molar-refractivity contribution in [3.05, 3.63) is 99.5 Å². The van der Waals surface area contributed by atoms with Crippen LogP contribution in [0.25, 0.3) is 11.4 Å². The van der Waals surface area contributed by atoms with E-state index in [1.54, 1.807) is 30.3 Å². The number of H-pyrrole nitrogens is 1. The van der Waals surface area contributed by atoms with Gasteiger partial charge in [-0.05, 0) is 40.6 Å². The number of aliphatic carboxylic acids is 1. The van der Waals surface area contributed by atoms with Crippen molar-refractivity contribution in [2.75, 3.05) is 0 Å². The van der Waals surface area contributed by atoms with Crippen molar-refractivity contribution in [1.82, 2.24) is 25.5 Å². The first-order valence-corrected chi connectivity index (χ1v) is 11.0. The van der Waals surface area contributed by atoms with Gasteiger partial charge >= 0.3 is 5.97 Å². The topological polar surface area (TPSA) is 112 Å². The minimum atomic E-state index is -1.14. The summed E-state index contributed by atoms with van der Waals surface area (Å²) < 4.78 is 0. The first-order valence-electron chi connectivity index (χ1n) is 10.3. The van der Waals surface area contributed by atoms with E-state index in [1.807, 2.05) is 30.3 Å². The molecule has 0 aliphatic rings. The molecular formula is C24H19Cl2N5O3. The Hall–Kier alpha value is -3.75. The molecule has 172 valence electrons. The Morgan fingerprint density at radius 2 is 1.74 bits per heavy atom. The average molecular weight is 496 g/mol. The third kappa shape index (κ3) is 5.41. The van der Waals surface area contributed by atoms with Crippen LogP contribution in [0.2, 0.25) is 10.0 Å². The third-order valence-corrected chi connectivity index (χ3v) is 5.79. The van der Waals surface area contributed by atoms with Crippen molar-refractivity contribution < 1.29 is 14.7 Å². The summed E-state index contributed by atoms with van der Waals surface area (Å²) in [5.74, 6) is -1.26. The summed E-state index contributed by atoms with van der Waals surface area (Å²) in [5.41, 5.74) is 2.33. The largest absolute Gasteiger partial charge is 0.480 e. The summed E-state index contributed by atoms with van der Waals surface area (Å²) in [5, 5.41) is 24.6. The average Bonchev–Trinajstić information content (AvgIpc) is 3.37. The van der Waals surface area contributed by atoms with E-state index in [-0.39, 0.29) is 23.6 Å². The van der Waals surface area contributed by atoms with Crippen LogP contribution in [0, 0.1) is 0 Å². The molecule has 0 fully saturated rings. The molecule has 4 rings (SSSR count). The lowest BCUT2D eigenvalue weighted by Crippen LogP contribution is -2.46. The Bertz CT molecular complexity index is 1300. The molecule has 0 saturated heterocycles. The minimum Gasteiger partial charge on any atom is -0.480 e. The van der Waals surface area contributed by atoms with Gasteiger partial charge in [0.15, 0.2) is 0 Å². The van der Waals surface area contributed by atoms with Crippen LogP contribution < -0.4 is 0 Å². The summed E-state index contributed by atoms with van der Waals surface area (Å²) in [6.45, 7) is 0.0211. The maximum absolute atomic E-state index is 13.6. The lowest BCUT2D eigenvalue weighted by atomic mass is 10.0. The molecule has 1 atom stereocenters. The van der Waals surface area contributed by atoms with Crippen molar-refractivity contribution in [2.45, 2.75) is 19.0 Å². The quantitative estimate of drug-likeness (QED) is 0.371. The molecule has 1 heterocycles. The maximum Gasteiger partial charge on any atom is 0.326 e. The number of amides is 1. The molecule has 0 aliphatic carbocycles. The van der Waals surface area contributed by atoms with Crippen LogP contribution in [-0.2, 0) is 17.8 Å². The lowest BCUT2D eigenvalue weighted by molar-refractivity contribution is -0.142. The smallest absolute Gasteiger partial charge is 0.326 e. The van der Waals surface area contributed by atoms with Crippen LogP contribution in [0.4, 0.5) is 0 Å². The molecular weight excluding hydrogens is 477 g/mol. The van der Waals surface area contributed by atoms with Crippen molar-refractivity contribution in [2.24, 2.45) is 0 Å². The van der Waals surface area contributed by atoms with E-state index in [2.05, 4.69) is 20.6 Å². The van der Waals surface area contributed by atoms with Gasteiger partial charge in [-0.3, -0.25) is 4.79 Å². The molecule has 3 aromatic carbocycles. The number of aromatic nitrogens is 4. The highest BCUT2D eigenvalue weighted by Gasteiger charge is 2.32. The Kier molecular flexibility index (Phi) is 7.20. The molecule has 0 bridgehead atoms. The zero-order valence-electron chi connectivity index (χ0n) is 17.7. The van der Waals surface area contributed by atoms with Gasteiger partial charge in [0.2, 0.25) is 5.82 Å². The molecule has 0 spiro atoms. The fourth-order valence-corrected chi connectivity index (χ4v) is 4.09. The molecule has 0 saturated carbocycles. The van der Waals surface area contributed by atoms with Gasteiger partial charge < -0.3 is 10.0 Å². The number of aromatic amines is 1. The number of rotatable bonds is 8. The maximum atomic E-state index is 13.6. The van der Waals surface area contributed by atoms with Crippen LogP contribution in [-0.4, -0.2) is 48.5 Å². The molecule has 8 nitrogen and oxygen atoms in total. The number of nitrogens with zero attached hydrogens (tertiary/aromatic N) is 4. The van der Waals surface area contributed by atoms with Crippen molar-refractivity contribution in [3.8, 4) is 11.4 Å². The summed E-state index contributed by atoms with van der Waals surface area (Å²) in [4.78, 5) is 27.3. The lowest BCUT2D eigenvalue weighted by Gasteiger charge is -2.30. The van der Waals surface area contributed by atoms with E-state index in [0.717, 1.165) is 5.56 Å². The molecule has 0 aliphatic heterocycles. The number of hydrogen-bond acceptors (Lipinski definition) is 5.